The van der Waals surface area contributed by atoms with Gasteiger partial charge in [0.1, 0.15) is 6.04 Å². The molecule has 0 aliphatic carbocycles. The molecule has 60 heavy (non-hydrogen) atoms. The van der Waals surface area contributed by atoms with Crippen molar-refractivity contribution >= 4 is 39.8 Å². The highest BCUT2D eigenvalue weighted by atomic mass is 32.2. The first kappa shape index (κ1) is 47.4. The molecular formula is C39H55N9O11S. The Hall–Kier alpha value is -5.29. The van der Waals surface area contributed by atoms with E-state index in [0.29, 0.717) is 30.8 Å². The number of nitrogens with two attached hydrogens (primary N) is 1. The molecule has 1 atom stereocenters. The van der Waals surface area contributed by atoms with Crippen LogP contribution >= 0.6 is 0 Å². The second kappa shape index (κ2) is 22.9. The monoisotopic (exact) mass is 857 g/mol. The second-order valence-corrected chi connectivity index (χ2v) is 16.2. The fourth-order valence-electron chi connectivity index (χ4n) is 6.85. The summed E-state index contributed by atoms with van der Waals surface area (Å²) in [6.07, 6.45) is 1.15. The lowest BCUT2D eigenvalue weighted by atomic mass is 10.1. The fraction of sp³-hybridized carbons (Fsp3) is 0.487. The number of unbranched alkanes of at least 4 members (excludes halogenated alkanes) is 1. The van der Waals surface area contributed by atoms with Crippen molar-refractivity contribution in [2.24, 2.45) is 5.14 Å². The van der Waals surface area contributed by atoms with E-state index >= 15 is 0 Å². The Morgan fingerprint density at radius 1 is 0.750 bits per heavy atom. The highest BCUT2D eigenvalue weighted by Crippen LogP contribution is 2.25. The summed E-state index contributed by atoms with van der Waals surface area (Å²) in [4.78, 5) is 66.6. The van der Waals surface area contributed by atoms with Gasteiger partial charge in [0.25, 0.3) is 0 Å². The Morgan fingerprint density at radius 2 is 1.27 bits per heavy atom. The molecule has 1 aliphatic rings. The number of sulfonamides is 1. The third-order valence-corrected chi connectivity index (χ3v) is 10.9. The largest absolute Gasteiger partial charge is 0.480 e. The zero-order chi connectivity index (χ0) is 43.8. The number of nitrogens with zero attached hydrogens (tertiary/aromatic N) is 6. The molecule has 1 aliphatic heterocycles. The number of rotatable bonds is 20. The SMILES string of the molecule is Cc1ccc(-c2cc(CNCC(=O)NCCCCC(C(=O)O)N3CCN(CC(=O)O)CCN(CC(=O)O)CCN(CC(=O)O)CC3)nn2-c2ccc(S(N)(=O)=O)cc2)cc1. The summed E-state index contributed by atoms with van der Waals surface area (Å²) in [6.45, 7) is 3.22. The van der Waals surface area contributed by atoms with Gasteiger partial charge in [0, 0.05) is 71.0 Å². The average Bonchev–Trinajstić information content (AvgIpc) is 3.60. The van der Waals surface area contributed by atoms with Crippen LogP contribution in [-0.4, -0.2) is 179 Å². The number of carbonyl (C=O) groups is 5. The van der Waals surface area contributed by atoms with Gasteiger partial charge in [-0.05, 0) is 56.5 Å². The molecule has 328 valence electrons. The topological polar surface area (TPSA) is 281 Å². The first-order valence-corrected chi connectivity index (χ1v) is 21.1. The number of aromatic nitrogens is 2. The molecule has 0 saturated carbocycles. The summed E-state index contributed by atoms with van der Waals surface area (Å²) in [6, 6.07) is 14.8. The first-order chi connectivity index (χ1) is 28.5. The first-order valence-electron chi connectivity index (χ1n) is 19.5. The lowest BCUT2D eigenvalue weighted by Gasteiger charge is -2.35. The summed E-state index contributed by atoms with van der Waals surface area (Å²) >= 11 is 0. The number of hydrogen-bond acceptors (Lipinski definition) is 13. The highest BCUT2D eigenvalue weighted by Gasteiger charge is 2.28. The summed E-state index contributed by atoms with van der Waals surface area (Å²) in [5, 5.41) is 54.5. The number of amides is 1. The van der Waals surface area contributed by atoms with Gasteiger partial charge in [-0.2, -0.15) is 5.10 Å². The van der Waals surface area contributed by atoms with Crippen LogP contribution in [0.1, 0.15) is 30.5 Å². The van der Waals surface area contributed by atoms with E-state index in [9.17, 15) is 52.8 Å². The molecule has 8 N–H and O–H groups in total. The van der Waals surface area contributed by atoms with Crippen molar-refractivity contribution in [3.63, 3.8) is 0 Å². The molecule has 4 rings (SSSR count). The molecule has 21 heteroatoms. The van der Waals surface area contributed by atoms with Gasteiger partial charge in [-0.25, -0.2) is 18.2 Å². The van der Waals surface area contributed by atoms with Crippen molar-refractivity contribution in [2.45, 2.75) is 43.7 Å². The molecule has 2 aromatic carbocycles. The quantitative estimate of drug-likeness (QED) is 0.0725. The number of primary sulfonamides is 1. The molecule has 1 amide bonds. The molecule has 1 unspecified atom stereocenters. The van der Waals surface area contributed by atoms with E-state index in [2.05, 4.69) is 10.6 Å². The summed E-state index contributed by atoms with van der Waals surface area (Å²) in [5.74, 6) is -4.56. The Labute approximate surface area is 348 Å². The van der Waals surface area contributed by atoms with Crippen molar-refractivity contribution in [1.29, 1.82) is 0 Å². The molecule has 20 nitrogen and oxygen atoms in total. The highest BCUT2D eigenvalue weighted by molar-refractivity contribution is 7.89. The van der Waals surface area contributed by atoms with Crippen molar-refractivity contribution < 1.29 is 52.8 Å². The van der Waals surface area contributed by atoms with Gasteiger partial charge in [-0.3, -0.25) is 43.6 Å². The lowest BCUT2D eigenvalue weighted by Crippen LogP contribution is -2.51. The number of carboxylic acid groups (broad SMARTS) is 4. The number of benzene rings is 2. The zero-order valence-corrected chi connectivity index (χ0v) is 34.4. The third kappa shape index (κ3) is 15.7. The molecular weight excluding hydrogens is 803 g/mol. The molecule has 1 aromatic heterocycles. The number of carbonyl (C=O) groups excluding carboxylic acids is 1. The van der Waals surface area contributed by atoms with Crippen molar-refractivity contribution in [3.8, 4) is 16.9 Å². The predicted molar refractivity (Wildman–Crippen MR) is 219 cm³/mol. The smallest absolute Gasteiger partial charge is 0.320 e. The maximum atomic E-state index is 12.7. The Morgan fingerprint density at radius 3 is 1.75 bits per heavy atom. The number of aryl methyl sites for hydroxylation is 1. The van der Waals surface area contributed by atoms with E-state index in [1.807, 2.05) is 37.3 Å². The number of hydrogen-bond donors (Lipinski definition) is 7. The molecule has 1 saturated heterocycles. The molecule has 1 fully saturated rings. The van der Waals surface area contributed by atoms with Gasteiger partial charge in [0.15, 0.2) is 0 Å². The van der Waals surface area contributed by atoms with Gasteiger partial charge < -0.3 is 31.1 Å². The number of nitrogens with one attached hydrogen (secondary N) is 2. The Balaban J connectivity index is 1.31. The Kier molecular flexibility index (Phi) is 18.1. The van der Waals surface area contributed by atoms with Crippen LogP contribution in [-0.2, 0) is 40.5 Å². The van der Waals surface area contributed by atoms with Gasteiger partial charge in [-0.1, -0.05) is 29.8 Å². The molecule has 3 aromatic rings. The van der Waals surface area contributed by atoms with Gasteiger partial charge in [0.2, 0.25) is 15.9 Å². The molecule has 0 radical (unpaired) electrons. The van der Waals surface area contributed by atoms with E-state index in [1.165, 1.54) is 12.1 Å². The third-order valence-electron chi connectivity index (χ3n) is 10.0. The van der Waals surface area contributed by atoms with Gasteiger partial charge in [0.05, 0.1) is 48.1 Å². The van der Waals surface area contributed by atoms with Crippen LogP contribution in [0.3, 0.4) is 0 Å². The van der Waals surface area contributed by atoms with Crippen LogP contribution in [0.5, 0.6) is 0 Å². The fourth-order valence-corrected chi connectivity index (χ4v) is 7.37. The van der Waals surface area contributed by atoms with Crippen LogP contribution in [0.15, 0.2) is 59.5 Å². The van der Waals surface area contributed by atoms with E-state index < -0.39 is 39.9 Å². The zero-order valence-electron chi connectivity index (χ0n) is 33.6. The van der Waals surface area contributed by atoms with E-state index in [-0.39, 0.29) is 102 Å². The van der Waals surface area contributed by atoms with Crippen LogP contribution in [0.25, 0.3) is 16.9 Å². The van der Waals surface area contributed by atoms with Crippen LogP contribution in [0.2, 0.25) is 0 Å². The van der Waals surface area contributed by atoms with Gasteiger partial charge in [-0.15, -0.1) is 0 Å². The van der Waals surface area contributed by atoms with Crippen LogP contribution in [0.4, 0.5) is 0 Å². The maximum absolute atomic E-state index is 12.7. The maximum Gasteiger partial charge on any atom is 0.320 e. The summed E-state index contributed by atoms with van der Waals surface area (Å²) in [5.41, 5.74) is 3.96. The minimum Gasteiger partial charge on any atom is -0.480 e. The molecule has 0 spiro atoms. The standard InChI is InChI=1S/C39H55N9O11S/c1-28-5-7-29(8-6-28)34-22-30(43-48(34)31-9-11-32(12-10-31)60(40,58)59)23-41-24-35(49)42-13-3-2-4-33(39(56)57)47-20-18-45(26-37(52)53)16-14-44(25-36(50)51)15-17-46(19-21-47)27-38(54)55/h5-12,22,33,41H,2-4,13-21,23-27H2,1H3,(H,42,49)(H,50,51)(H,52,53)(H,54,55)(H,56,57)(H2,40,58,59). The number of carboxylic acids is 4. The van der Waals surface area contributed by atoms with E-state index in [4.69, 9.17) is 10.2 Å². The van der Waals surface area contributed by atoms with Gasteiger partial charge >= 0.3 is 23.9 Å². The second-order valence-electron chi connectivity index (χ2n) is 14.7. The van der Waals surface area contributed by atoms with Crippen LogP contribution in [0, 0.1) is 6.92 Å². The minimum atomic E-state index is -3.88. The van der Waals surface area contributed by atoms with Crippen molar-refractivity contribution in [2.75, 3.05) is 85.1 Å². The summed E-state index contributed by atoms with van der Waals surface area (Å²) in [7, 11) is -3.88. The Bertz CT molecular complexity index is 2000. The minimum absolute atomic E-state index is 0.0188. The summed E-state index contributed by atoms with van der Waals surface area (Å²) < 4.78 is 25.3. The van der Waals surface area contributed by atoms with Crippen molar-refractivity contribution in [3.05, 3.63) is 65.9 Å². The van der Waals surface area contributed by atoms with Crippen molar-refractivity contribution in [1.82, 2.24) is 40.0 Å². The van der Waals surface area contributed by atoms with E-state index in [1.54, 1.807) is 36.4 Å². The average molecular weight is 858 g/mol. The van der Waals surface area contributed by atoms with E-state index in [0.717, 1.165) is 16.8 Å². The molecule has 2 heterocycles. The lowest BCUT2D eigenvalue weighted by molar-refractivity contribution is -0.145. The molecule has 0 bridgehead atoms. The number of aliphatic carboxylic acids is 4. The normalized spacial score (nSPS) is 16.0. The predicted octanol–water partition coefficient (Wildman–Crippen LogP) is -0.200. The van der Waals surface area contributed by atoms with Crippen LogP contribution < -0.4 is 15.8 Å².